The van der Waals surface area contributed by atoms with Crippen LogP contribution in [-0.4, -0.2) is 60.5 Å². The second-order valence-corrected chi connectivity index (χ2v) is 6.79. The molecule has 4 heterocycles. The first-order valence-corrected chi connectivity index (χ1v) is 8.87. The molecule has 0 aliphatic carbocycles. The highest BCUT2D eigenvalue weighted by molar-refractivity contribution is 5.08. The number of hydrogen-bond donors (Lipinski definition) is 0. The van der Waals surface area contributed by atoms with Crippen LogP contribution in [0.4, 0.5) is 0 Å². The van der Waals surface area contributed by atoms with Crippen molar-refractivity contribution in [2.75, 3.05) is 26.4 Å². The third-order valence-electron chi connectivity index (χ3n) is 5.39. The molecule has 0 saturated carbocycles. The molecule has 0 aromatic carbocycles. The van der Waals surface area contributed by atoms with Gasteiger partial charge in [0.1, 0.15) is 6.10 Å². The molecule has 3 atom stereocenters. The van der Waals surface area contributed by atoms with Gasteiger partial charge in [-0.05, 0) is 43.4 Å². The van der Waals surface area contributed by atoms with Crippen molar-refractivity contribution < 1.29 is 14.2 Å². The van der Waals surface area contributed by atoms with Gasteiger partial charge in [0.15, 0.2) is 0 Å². The fourth-order valence-electron chi connectivity index (χ4n) is 4.21. The molecule has 0 radical (unpaired) electrons. The van der Waals surface area contributed by atoms with Crippen LogP contribution in [-0.2, 0) is 20.8 Å². The van der Waals surface area contributed by atoms with Gasteiger partial charge in [-0.15, -0.1) is 0 Å². The topological polar surface area (TPSA) is 43.8 Å². The van der Waals surface area contributed by atoms with E-state index in [1.54, 1.807) is 0 Å². The lowest BCUT2D eigenvalue weighted by Crippen LogP contribution is -2.47. The minimum Gasteiger partial charge on any atom is -0.381 e. The van der Waals surface area contributed by atoms with E-state index in [1.165, 1.54) is 12.0 Å². The number of nitrogens with zero attached hydrogens (tertiary/aromatic N) is 2. The summed E-state index contributed by atoms with van der Waals surface area (Å²) in [6.45, 7) is 4.29. The van der Waals surface area contributed by atoms with Gasteiger partial charge in [0, 0.05) is 50.8 Å². The summed E-state index contributed by atoms with van der Waals surface area (Å²) in [7, 11) is 0. The van der Waals surface area contributed by atoms with Gasteiger partial charge in [0.25, 0.3) is 0 Å². The Kier molecular flexibility index (Phi) is 4.90. The van der Waals surface area contributed by atoms with Crippen molar-refractivity contribution in [1.29, 1.82) is 0 Å². The van der Waals surface area contributed by atoms with E-state index in [0.29, 0.717) is 18.7 Å². The van der Waals surface area contributed by atoms with Crippen molar-refractivity contribution in [2.24, 2.45) is 0 Å². The first kappa shape index (κ1) is 15.5. The zero-order valence-corrected chi connectivity index (χ0v) is 13.6. The van der Waals surface area contributed by atoms with Crippen molar-refractivity contribution >= 4 is 0 Å². The molecule has 126 valence electrons. The quantitative estimate of drug-likeness (QED) is 0.850. The van der Waals surface area contributed by atoms with Crippen LogP contribution in [0.2, 0.25) is 0 Å². The zero-order valence-electron chi connectivity index (χ0n) is 13.6. The van der Waals surface area contributed by atoms with Crippen LogP contribution < -0.4 is 0 Å². The summed E-state index contributed by atoms with van der Waals surface area (Å²) in [6.07, 6.45) is 8.73. The predicted molar refractivity (Wildman–Crippen MR) is 86.1 cm³/mol. The molecule has 1 aromatic heterocycles. The summed E-state index contributed by atoms with van der Waals surface area (Å²) in [5.41, 5.74) is 1.18. The molecule has 0 bridgehead atoms. The minimum atomic E-state index is 0.177. The third-order valence-corrected chi connectivity index (χ3v) is 5.39. The Hall–Kier alpha value is -1.01. The number of likely N-dealkylation sites (tertiary alicyclic amines) is 1. The summed E-state index contributed by atoms with van der Waals surface area (Å²) < 4.78 is 17.9. The Morgan fingerprint density at radius 2 is 1.96 bits per heavy atom. The van der Waals surface area contributed by atoms with Crippen LogP contribution in [0.15, 0.2) is 24.5 Å². The summed E-state index contributed by atoms with van der Waals surface area (Å²) in [5.74, 6) is 0. The van der Waals surface area contributed by atoms with Crippen LogP contribution in [0, 0.1) is 0 Å². The van der Waals surface area contributed by atoms with Crippen LogP contribution in [0.5, 0.6) is 0 Å². The van der Waals surface area contributed by atoms with E-state index in [-0.39, 0.29) is 12.2 Å². The Morgan fingerprint density at radius 1 is 1.13 bits per heavy atom. The van der Waals surface area contributed by atoms with E-state index < -0.39 is 0 Å². The monoisotopic (exact) mass is 318 g/mol. The minimum absolute atomic E-state index is 0.177. The molecule has 23 heavy (non-hydrogen) atoms. The first-order chi connectivity index (χ1) is 11.4. The number of pyridine rings is 1. The van der Waals surface area contributed by atoms with E-state index in [9.17, 15) is 0 Å². The highest BCUT2D eigenvalue weighted by Gasteiger charge is 2.47. The Bertz CT molecular complexity index is 492. The maximum absolute atomic E-state index is 6.25. The van der Waals surface area contributed by atoms with Gasteiger partial charge < -0.3 is 14.2 Å². The van der Waals surface area contributed by atoms with E-state index in [0.717, 1.165) is 45.6 Å². The molecule has 3 aliphatic rings. The molecule has 0 unspecified atom stereocenters. The number of ether oxygens (including phenoxy) is 3. The van der Waals surface area contributed by atoms with Crippen LogP contribution >= 0.6 is 0 Å². The lowest BCUT2D eigenvalue weighted by atomic mass is 9.99. The van der Waals surface area contributed by atoms with Gasteiger partial charge in [-0.25, -0.2) is 0 Å². The smallest absolute Gasteiger partial charge is 0.100 e. The second kappa shape index (κ2) is 7.26. The maximum atomic E-state index is 6.25. The highest BCUT2D eigenvalue weighted by atomic mass is 16.5. The Morgan fingerprint density at radius 3 is 2.78 bits per heavy atom. The number of rotatable bonds is 4. The van der Waals surface area contributed by atoms with Crippen LogP contribution in [0.25, 0.3) is 0 Å². The second-order valence-electron chi connectivity index (χ2n) is 6.79. The molecular formula is C18H26N2O3. The largest absolute Gasteiger partial charge is 0.381 e. The molecular weight excluding hydrogens is 292 g/mol. The molecule has 5 heteroatoms. The van der Waals surface area contributed by atoms with Crippen molar-refractivity contribution in [3.63, 3.8) is 0 Å². The Labute approximate surface area is 137 Å². The fourth-order valence-corrected chi connectivity index (χ4v) is 4.21. The van der Waals surface area contributed by atoms with Gasteiger partial charge in [0.05, 0.1) is 12.7 Å². The van der Waals surface area contributed by atoms with E-state index in [2.05, 4.69) is 9.88 Å². The fraction of sp³-hybridized carbons (Fsp3) is 0.722. The van der Waals surface area contributed by atoms with Gasteiger partial charge in [0.2, 0.25) is 0 Å². The number of hydrogen-bond acceptors (Lipinski definition) is 5. The molecule has 0 amide bonds. The van der Waals surface area contributed by atoms with Crippen molar-refractivity contribution in [3.05, 3.63) is 30.1 Å². The summed E-state index contributed by atoms with van der Waals surface area (Å²) >= 11 is 0. The molecule has 4 rings (SSSR count). The van der Waals surface area contributed by atoms with Crippen LogP contribution in [0.3, 0.4) is 0 Å². The summed E-state index contributed by atoms with van der Waals surface area (Å²) in [6, 6.07) is 5.19. The van der Waals surface area contributed by atoms with Crippen molar-refractivity contribution in [2.45, 2.75) is 56.6 Å². The van der Waals surface area contributed by atoms with Gasteiger partial charge in [-0.3, -0.25) is 9.88 Å². The van der Waals surface area contributed by atoms with Crippen molar-refractivity contribution in [1.82, 2.24) is 9.88 Å². The van der Waals surface area contributed by atoms with Gasteiger partial charge in [-0.2, -0.15) is 0 Å². The summed E-state index contributed by atoms with van der Waals surface area (Å²) in [4.78, 5) is 6.72. The predicted octanol–water partition coefficient (Wildman–Crippen LogP) is 2.01. The third kappa shape index (κ3) is 3.43. The normalized spacial score (nSPS) is 32.8. The standard InChI is InChI=1S/C18H26N2O3/c1-2-16-18(22-9-1)17(23-13-14-3-7-19-8-4-14)12-20(16)15-5-10-21-11-6-15/h3-4,7-8,15-18H,1-2,5-6,9-13H2/t16-,17-,18+/m1/s1. The molecule has 3 fully saturated rings. The molecule has 3 aliphatic heterocycles. The molecule has 5 nitrogen and oxygen atoms in total. The number of fused-ring (bicyclic) bond motifs is 1. The van der Waals surface area contributed by atoms with Gasteiger partial charge >= 0.3 is 0 Å². The highest BCUT2D eigenvalue weighted by Crippen LogP contribution is 2.34. The van der Waals surface area contributed by atoms with E-state index in [4.69, 9.17) is 14.2 Å². The first-order valence-electron chi connectivity index (χ1n) is 8.87. The average molecular weight is 318 g/mol. The molecule has 1 aromatic rings. The van der Waals surface area contributed by atoms with Gasteiger partial charge in [-0.1, -0.05) is 0 Å². The van der Waals surface area contributed by atoms with E-state index in [1.807, 2.05) is 24.5 Å². The van der Waals surface area contributed by atoms with Crippen molar-refractivity contribution in [3.8, 4) is 0 Å². The summed E-state index contributed by atoms with van der Waals surface area (Å²) in [5, 5.41) is 0. The maximum Gasteiger partial charge on any atom is 0.100 e. The zero-order chi connectivity index (χ0) is 15.5. The lowest BCUT2D eigenvalue weighted by molar-refractivity contribution is -0.0841. The molecule has 0 N–H and O–H groups in total. The molecule has 3 saturated heterocycles. The Balaban J connectivity index is 1.42. The molecule has 0 spiro atoms. The lowest BCUT2D eigenvalue weighted by Gasteiger charge is -2.38. The SMILES string of the molecule is c1cc(CO[C@@H]2CN(C3CCOCC3)[C@@H]3CCCO[C@@H]32)ccn1. The number of aromatic nitrogens is 1. The van der Waals surface area contributed by atoms with E-state index >= 15 is 0 Å². The average Bonchev–Trinajstić information content (AvgIpc) is 3.01. The van der Waals surface area contributed by atoms with Crippen LogP contribution in [0.1, 0.15) is 31.2 Å².